The van der Waals surface area contributed by atoms with Gasteiger partial charge in [0.05, 0.1) is 9.52 Å². The van der Waals surface area contributed by atoms with Gasteiger partial charge in [-0.25, -0.2) is 0 Å². The Bertz CT molecular complexity index is 1070. The van der Waals surface area contributed by atoms with Crippen molar-refractivity contribution in [2.45, 2.75) is 186 Å². The molecule has 0 saturated heterocycles. The third-order valence-corrected chi connectivity index (χ3v) is 14.7. The Morgan fingerprint density at radius 3 is 1.91 bits per heavy atom. The van der Waals surface area contributed by atoms with Crippen molar-refractivity contribution in [1.82, 2.24) is 4.98 Å². The maximum Gasteiger partial charge on any atom is 0.213 e. The summed E-state index contributed by atoms with van der Waals surface area (Å²) >= 11 is 0. The summed E-state index contributed by atoms with van der Waals surface area (Å²) in [5.41, 5.74) is 3.00. The summed E-state index contributed by atoms with van der Waals surface area (Å²) in [6, 6.07) is 13.3. The van der Waals surface area contributed by atoms with Gasteiger partial charge in [0.15, 0.2) is 11.5 Å². The van der Waals surface area contributed by atoms with E-state index >= 15 is 0 Å². The number of rotatable bonds is 27. The minimum Gasteiger partial charge on any atom is -0.456 e. The summed E-state index contributed by atoms with van der Waals surface area (Å²) in [6.07, 6.45) is 27.9. The summed E-state index contributed by atoms with van der Waals surface area (Å²) in [4.78, 5) is 4.65. The molecule has 5 heteroatoms. The first-order valence-corrected chi connectivity index (χ1v) is 23.4. The molecule has 0 bridgehead atoms. The third kappa shape index (κ3) is 16.6. The summed E-state index contributed by atoms with van der Waals surface area (Å²) in [7, 11) is -0.825. The molecule has 0 saturated carbocycles. The lowest BCUT2D eigenvalue weighted by Gasteiger charge is -2.21. The van der Waals surface area contributed by atoms with E-state index in [0.717, 1.165) is 34.4 Å². The second-order valence-electron chi connectivity index (χ2n) is 15.7. The zero-order valence-corrected chi connectivity index (χ0v) is 34.4. The minimum absolute atomic E-state index is 0.00559. The molecule has 0 spiro atoms. The first-order chi connectivity index (χ1) is 22.9. The van der Waals surface area contributed by atoms with E-state index in [1.54, 1.807) is 0 Å². The van der Waals surface area contributed by atoms with Gasteiger partial charge in [0, 0.05) is 11.5 Å². The van der Waals surface area contributed by atoms with Crippen LogP contribution in [-0.4, -0.2) is 29.9 Å². The summed E-state index contributed by atoms with van der Waals surface area (Å²) in [5, 5.41) is 1.35. The Kier molecular flexibility index (Phi) is 20.1. The lowest BCUT2D eigenvalue weighted by Crippen LogP contribution is -2.28. The third-order valence-electron chi connectivity index (χ3n) is 10.8. The van der Waals surface area contributed by atoms with Gasteiger partial charge in [-0.05, 0) is 71.5 Å². The number of hydrogen-bond acceptors (Lipinski definition) is 3. The lowest BCUT2D eigenvalue weighted by atomic mass is 9.87. The Morgan fingerprint density at radius 2 is 1.26 bits per heavy atom. The number of benzene rings is 1. The molecule has 47 heavy (non-hydrogen) atoms. The molecule has 2 heterocycles. The monoisotopic (exact) mass is 680 g/mol. The summed E-state index contributed by atoms with van der Waals surface area (Å²) < 4.78 is 12.9. The molecule has 0 aliphatic carbocycles. The zero-order chi connectivity index (χ0) is 33.7. The average molecular weight is 680 g/mol. The van der Waals surface area contributed by atoms with Crippen LogP contribution < -0.4 is 14.8 Å². The molecule has 6 atom stereocenters. The molecule has 0 fully saturated rings. The fraction of sp³-hybridized carbons (Fsp3) is 0.738. The van der Waals surface area contributed by atoms with Crippen LogP contribution in [0.4, 0.5) is 0 Å². The van der Waals surface area contributed by atoms with Crippen molar-refractivity contribution in [2.24, 2.45) is 11.8 Å². The molecular weight excluding hydrogens is 607 g/mol. The molecule has 3 rings (SSSR count). The zero-order valence-electron chi connectivity index (χ0n) is 31.6. The fourth-order valence-electron chi connectivity index (χ4n) is 7.59. The van der Waals surface area contributed by atoms with E-state index in [9.17, 15) is 0 Å². The molecular formula is C42H73NO2Si2. The van der Waals surface area contributed by atoms with Gasteiger partial charge in [0.2, 0.25) is 5.91 Å². The van der Waals surface area contributed by atoms with Crippen LogP contribution in [-0.2, 0) is 0 Å². The van der Waals surface area contributed by atoms with Crippen molar-refractivity contribution in [1.29, 1.82) is 0 Å². The molecule has 6 unspecified atom stereocenters. The number of hydrogen-bond donors (Lipinski definition) is 0. The Hall–Kier alpha value is -1.60. The molecule has 0 amide bonds. The molecule has 1 aromatic carbocycles. The van der Waals surface area contributed by atoms with E-state index in [4.69, 9.17) is 9.47 Å². The Morgan fingerprint density at radius 1 is 0.617 bits per heavy atom. The number of ether oxygens (including phenoxy) is 2. The van der Waals surface area contributed by atoms with Crippen molar-refractivity contribution < 1.29 is 9.47 Å². The van der Waals surface area contributed by atoms with Crippen LogP contribution in [0.2, 0.25) is 11.1 Å². The van der Waals surface area contributed by atoms with Crippen molar-refractivity contribution in [2.75, 3.05) is 0 Å². The number of unbranched alkanes of at least 4 members (excludes halogenated alkanes) is 7. The van der Waals surface area contributed by atoms with Gasteiger partial charge in [-0.15, -0.1) is 0 Å². The maximum absolute atomic E-state index is 6.52. The normalized spacial score (nSPS) is 17.9. The first-order valence-electron chi connectivity index (χ1n) is 20.2. The molecule has 1 aromatic heterocycles. The van der Waals surface area contributed by atoms with E-state index in [-0.39, 0.29) is 15.4 Å². The van der Waals surface area contributed by atoms with Crippen molar-refractivity contribution in [3.8, 4) is 11.5 Å². The largest absolute Gasteiger partial charge is 0.456 e. The number of aromatic nitrogens is 1. The minimum atomic E-state index is -0.475. The second-order valence-corrected chi connectivity index (χ2v) is 20.8. The highest BCUT2D eigenvalue weighted by Gasteiger charge is 2.27. The van der Waals surface area contributed by atoms with E-state index in [1.165, 1.54) is 133 Å². The SMILES string of the molecule is CCCCCC(C)CCCCCCC(C)[SiH2]C1Oc2ccc(C(CCCC(C)CCCCC)CCC(C)[SiH2]c3ccccn3)cc2O1. The molecule has 0 radical (unpaired) electrons. The van der Waals surface area contributed by atoms with Gasteiger partial charge in [0.1, 0.15) is 9.52 Å². The van der Waals surface area contributed by atoms with E-state index < -0.39 is 9.52 Å². The summed E-state index contributed by atoms with van der Waals surface area (Å²) in [6.45, 7) is 14.4. The van der Waals surface area contributed by atoms with Crippen LogP contribution in [0.3, 0.4) is 0 Å². The molecule has 2 aromatic rings. The van der Waals surface area contributed by atoms with Crippen LogP contribution in [0.15, 0.2) is 42.6 Å². The average Bonchev–Trinajstić information content (AvgIpc) is 3.46. The van der Waals surface area contributed by atoms with Crippen LogP contribution in [0, 0.1) is 11.8 Å². The van der Waals surface area contributed by atoms with E-state index in [0.29, 0.717) is 5.92 Å². The van der Waals surface area contributed by atoms with Crippen LogP contribution >= 0.6 is 0 Å². The topological polar surface area (TPSA) is 31.4 Å². The molecule has 1 aliphatic heterocycles. The predicted molar refractivity (Wildman–Crippen MR) is 211 cm³/mol. The quantitative estimate of drug-likeness (QED) is 0.0695. The van der Waals surface area contributed by atoms with Gasteiger partial charge in [-0.2, -0.15) is 0 Å². The van der Waals surface area contributed by atoms with Crippen molar-refractivity contribution in [3.63, 3.8) is 0 Å². The van der Waals surface area contributed by atoms with E-state index in [2.05, 4.69) is 76.9 Å². The maximum atomic E-state index is 6.52. The van der Waals surface area contributed by atoms with Crippen molar-refractivity contribution in [3.05, 3.63) is 48.2 Å². The van der Waals surface area contributed by atoms with Gasteiger partial charge >= 0.3 is 0 Å². The van der Waals surface area contributed by atoms with E-state index in [1.807, 2.05) is 12.3 Å². The standard InChI is InChI=1S/C42H73NO2Si2/c1-7-9-13-20-33(3)22-15-11-12-16-24-35(5)47-42-44-39-30-29-38(32-40(39)45-42)37(25-19-23-34(4)21-14-10-8-2)28-27-36(6)46-41-26-17-18-31-43-41/h17-18,26,29-37,42H,7-16,19-25,27-28,46-47H2,1-6H3. The van der Waals surface area contributed by atoms with Crippen LogP contribution in [0.5, 0.6) is 11.5 Å². The van der Waals surface area contributed by atoms with Gasteiger partial charge < -0.3 is 9.47 Å². The van der Waals surface area contributed by atoms with Crippen molar-refractivity contribution >= 4 is 24.4 Å². The fourth-order valence-corrected chi connectivity index (χ4v) is 11.0. The van der Waals surface area contributed by atoms with Gasteiger partial charge in [-0.3, -0.25) is 4.98 Å². The first kappa shape index (κ1) is 39.8. The highest BCUT2D eigenvalue weighted by Crippen LogP contribution is 2.40. The number of fused-ring (bicyclic) bond motifs is 1. The smallest absolute Gasteiger partial charge is 0.213 e. The predicted octanol–water partition coefficient (Wildman–Crippen LogP) is 11.2. The van der Waals surface area contributed by atoms with Gasteiger partial charge in [-0.1, -0.05) is 163 Å². The highest BCUT2D eigenvalue weighted by atomic mass is 28.2. The number of nitrogens with zero attached hydrogens (tertiary/aromatic N) is 1. The van der Waals surface area contributed by atoms with Crippen LogP contribution in [0.25, 0.3) is 0 Å². The molecule has 1 aliphatic rings. The Balaban J connectivity index is 1.45. The molecule has 0 N–H and O–H groups in total. The molecule has 266 valence electrons. The second kappa shape index (κ2) is 23.7. The van der Waals surface area contributed by atoms with Gasteiger partial charge in [0.25, 0.3) is 0 Å². The highest BCUT2D eigenvalue weighted by molar-refractivity contribution is 6.53. The number of pyridine rings is 1. The van der Waals surface area contributed by atoms with Crippen LogP contribution in [0.1, 0.15) is 175 Å². The Labute approximate surface area is 295 Å². The summed E-state index contributed by atoms with van der Waals surface area (Å²) in [5.74, 6) is 4.34. The molecule has 3 nitrogen and oxygen atoms in total. The lowest BCUT2D eigenvalue weighted by molar-refractivity contribution is 0.122.